The van der Waals surface area contributed by atoms with Gasteiger partial charge in [-0.25, -0.2) is 4.98 Å². The highest BCUT2D eigenvalue weighted by Crippen LogP contribution is 2.28. The normalized spacial score (nSPS) is 16.3. The molecule has 286 valence electrons. The van der Waals surface area contributed by atoms with Crippen molar-refractivity contribution in [3.63, 3.8) is 0 Å². The second-order valence-corrected chi connectivity index (χ2v) is 15.8. The molecule has 2 aromatic carbocycles. The molecule has 12 heteroatoms. The van der Waals surface area contributed by atoms with Crippen LogP contribution in [-0.4, -0.2) is 64.3 Å². The van der Waals surface area contributed by atoms with Crippen LogP contribution in [0.3, 0.4) is 0 Å². The number of hydrogen-bond donors (Lipinski definition) is 4. The van der Waals surface area contributed by atoms with Crippen molar-refractivity contribution in [1.29, 1.82) is 0 Å². The number of carbonyl (C=O) groups excluding carboxylic acids is 4. The maximum atomic E-state index is 13.9. The minimum Gasteiger partial charge on any atom is -0.372 e. The third-order valence-corrected chi connectivity index (χ3v) is 10.6. The van der Waals surface area contributed by atoms with Gasteiger partial charge in [-0.1, -0.05) is 81.5 Å². The summed E-state index contributed by atoms with van der Waals surface area (Å²) >= 11 is 1.60. The van der Waals surface area contributed by atoms with Crippen LogP contribution in [0.4, 0.5) is 0 Å². The van der Waals surface area contributed by atoms with E-state index in [4.69, 9.17) is 16.2 Å². The third kappa shape index (κ3) is 12.6. The Morgan fingerprint density at radius 1 is 1.06 bits per heavy atom. The number of amides is 4. The predicted octanol–water partition coefficient (Wildman–Crippen LogP) is 5.64. The SMILES string of the molecule is Cc1ncsc1-c1ccc(CNC(=O)C2CCCN2C(=O)C(NC(=O)CCC/C=C/c2ccc(COC(C)C(N)CCC(N)=O)cc2)C(C)(C)C)cc1. The number of ether oxygens (including phenoxy) is 1. The largest absolute Gasteiger partial charge is 0.372 e. The molecule has 0 radical (unpaired) electrons. The van der Waals surface area contributed by atoms with E-state index in [1.165, 1.54) is 0 Å². The molecule has 3 aromatic rings. The molecule has 0 aliphatic carbocycles. The molecule has 1 aromatic heterocycles. The molecule has 0 saturated carbocycles. The molecule has 4 rings (SSSR count). The Kier molecular flexibility index (Phi) is 15.3. The van der Waals surface area contributed by atoms with Crippen LogP contribution in [0, 0.1) is 12.3 Å². The lowest BCUT2D eigenvalue weighted by Gasteiger charge is -2.35. The van der Waals surface area contributed by atoms with Crippen molar-refractivity contribution in [2.75, 3.05) is 6.54 Å². The molecular weight excluding hydrogens is 689 g/mol. The van der Waals surface area contributed by atoms with Gasteiger partial charge in [0.15, 0.2) is 0 Å². The Morgan fingerprint density at radius 2 is 1.75 bits per heavy atom. The number of thiazole rings is 1. The fourth-order valence-corrected chi connectivity index (χ4v) is 7.04. The van der Waals surface area contributed by atoms with Gasteiger partial charge in [-0.3, -0.25) is 19.2 Å². The molecule has 53 heavy (non-hydrogen) atoms. The fraction of sp³-hybridized carbons (Fsp3) is 0.488. The number of likely N-dealkylation sites (tertiary alicyclic amines) is 1. The summed E-state index contributed by atoms with van der Waals surface area (Å²) in [6, 6.07) is 14.5. The van der Waals surface area contributed by atoms with Crippen molar-refractivity contribution in [2.45, 2.75) is 117 Å². The van der Waals surface area contributed by atoms with E-state index >= 15 is 0 Å². The highest BCUT2D eigenvalue weighted by Gasteiger charge is 2.41. The standard InChI is InChI=1S/C41H56N6O5S/c1-27-37(53-26-45-27)32-19-17-30(18-20-32)24-44-39(50)34-11-9-23-47(34)40(51)38(41(3,4)5)46-36(49)12-8-6-7-10-29-13-15-31(16-14-29)25-52-28(2)33(42)21-22-35(43)48/h7,10,13-20,26,28,33-34,38H,6,8-9,11-12,21-25,42H2,1-5H3,(H2,43,48)(H,44,50)(H,46,49)/b10-7+. The van der Waals surface area contributed by atoms with E-state index in [0.29, 0.717) is 45.4 Å². The molecule has 0 bridgehead atoms. The van der Waals surface area contributed by atoms with Gasteiger partial charge < -0.3 is 31.7 Å². The Labute approximate surface area is 317 Å². The first-order valence-corrected chi connectivity index (χ1v) is 19.4. The number of rotatable bonds is 18. The van der Waals surface area contributed by atoms with E-state index in [-0.39, 0.29) is 48.6 Å². The van der Waals surface area contributed by atoms with Gasteiger partial charge >= 0.3 is 0 Å². The van der Waals surface area contributed by atoms with Crippen molar-refractivity contribution < 1.29 is 23.9 Å². The lowest BCUT2D eigenvalue weighted by Crippen LogP contribution is -2.57. The van der Waals surface area contributed by atoms with Gasteiger partial charge in [-0.2, -0.15) is 0 Å². The maximum Gasteiger partial charge on any atom is 0.246 e. The number of carbonyl (C=O) groups is 4. The Bertz CT molecular complexity index is 1700. The lowest BCUT2D eigenvalue weighted by molar-refractivity contribution is -0.143. The maximum absolute atomic E-state index is 13.9. The van der Waals surface area contributed by atoms with E-state index in [1.54, 1.807) is 16.2 Å². The molecule has 1 saturated heterocycles. The first-order chi connectivity index (χ1) is 25.2. The van der Waals surface area contributed by atoms with Gasteiger partial charge in [0, 0.05) is 32.0 Å². The average molecular weight is 745 g/mol. The molecule has 4 amide bonds. The summed E-state index contributed by atoms with van der Waals surface area (Å²) in [6.45, 7) is 10.9. The smallest absolute Gasteiger partial charge is 0.246 e. The number of allylic oxidation sites excluding steroid dienone is 1. The van der Waals surface area contributed by atoms with E-state index in [0.717, 1.165) is 39.2 Å². The van der Waals surface area contributed by atoms with Gasteiger partial charge in [0.25, 0.3) is 0 Å². The van der Waals surface area contributed by atoms with Gasteiger partial charge in [0.1, 0.15) is 12.1 Å². The molecule has 1 aliphatic heterocycles. The van der Waals surface area contributed by atoms with Crippen molar-refractivity contribution in [2.24, 2.45) is 16.9 Å². The fourth-order valence-electron chi connectivity index (χ4n) is 6.23. The predicted molar refractivity (Wildman–Crippen MR) is 210 cm³/mol. The molecule has 11 nitrogen and oxygen atoms in total. The quantitative estimate of drug-likeness (QED) is 0.122. The number of nitrogens with two attached hydrogens (primary N) is 2. The lowest BCUT2D eigenvalue weighted by atomic mass is 9.85. The molecule has 6 N–H and O–H groups in total. The highest BCUT2D eigenvalue weighted by molar-refractivity contribution is 7.13. The summed E-state index contributed by atoms with van der Waals surface area (Å²) in [6.07, 6.45) is 7.52. The Balaban J connectivity index is 1.21. The number of nitrogens with zero attached hydrogens (tertiary/aromatic N) is 2. The Hall–Kier alpha value is -4.39. The summed E-state index contributed by atoms with van der Waals surface area (Å²) in [5, 5.41) is 6.02. The third-order valence-electron chi connectivity index (χ3n) is 9.59. The monoisotopic (exact) mass is 744 g/mol. The molecule has 0 spiro atoms. The zero-order valence-electron chi connectivity index (χ0n) is 31.7. The Morgan fingerprint density at radius 3 is 2.40 bits per heavy atom. The molecule has 4 atom stereocenters. The topological polar surface area (TPSA) is 170 Å². The van der Waals surface area contributed by atoms with E-state index in [9.17, 15) is 19.2 Å². The van der Waals surface area contributed by atoms with Crippen LogP contribution in [0.5, 0.6) is 0 Å². The van der Waals surface area contributed by atoms with Gasteiger partial charge in [-0.05, 0) is 73.6 Å². The summed E-state index contributed by atoms with van der Waals surface area (Å²) in [5.41, 5.74) is 17.7. The van der Waals surface area contributed by atoms with Crippen LogP contribution in [0.25, 0.3) is 16.5 Å². The van der Waals surface area contributed by atoms with Crippen LogP contribution < -0.4 is 22.1 Å². The van der Waals surface area contributed by atoms with Crippen molar-refractivity contribution in [3.8, 4) is 10.4 Å². The molecule has 2 heterocycles. The van der Waals surface area contributed by atoms with Gasteiger partial charge in [0.05, 0.1) is 28.8 Å². The minimum absolute atomic E-state index is 0.181. The van der Waals surface area contributed by atoms with Crippen molar-refractivity contribution in [3.05, 3.63) is 82.5 Å². The zero-order chi connectivity index (χ0) is 38.5. The summed E-state index contributed by atoms with van der Waals surface area (Å²) in [5.74, 6) is -0.952. The molecular formula is C41H56N6O5S. The van der Waals surface area contributed by atoms with E-state index < -0.39 is 17.5 Å². The number of aryl methyl sites for hydroxylation is 1. The summed E-state index contributed by atoms with van der Waals surface area (Å²) < 4.78 is 5.87. The average Bonchev–Trinajstić information content (AvgIpc) is 3.80. The van der Waals surface area contributed by atoms with E-state index in [1.807, 2.05) is 101 Å². The van der Waals surface area contributed by atoms with Crippen LogP contribution in [0.15, 0.2) is 60.1 Å². The number of primary amides is 1. The van der Waals surface area contributed by atoms with Gasteiger partial charge in [0.2, 0.25) is 23.6 Å². The number of benzene rings is 2. The first-order valence-electron chi connectivity index (χ1n) is 18.5. The summed E-state index contributed by atoms with van der Waals surface area (Å²) in [4.78, 5) is 58.4. The minimum atomic E-state index is -0.752. The zero-order valence-corrected chi connectivity index (χ0v) is 32.5. The number of hydrogen-bond acceptors (Lipinski definition) is 8. The number of aromatic nitrogens is 1. The highest BCUT2D eigenvalue weighted by atomic mass is 32.1. The first kappa shape index (κ1) is 41.4. The van der Waals surface area contributed by atoms with Gasteiger partial charge in [-0.15, -0.1) is 11.3 Å². The second kappa shape index (κ2) is 19.6. The molecule has 1 aliphatic rings. The van der Waals surface area contributed by atoms with Crippen molar-refractivity contribution in [1.82, 2.24) is 20.5 Å². The van der Waals surface area contributed by atoms with Crippen LogP contribution in [0.1, 0.15) is 95.0 Å². The molecule has 4 unspecified atom stereocenters. The number of unbranched alkanes of at least 4 members (excludes halogenated alkanes) is 1. The van der Waals surface area contributed by atoms with Crippen LogP contribution in [-0.2, 0) is 37.1 Å². The van der Waals surface area contributed by atoms with Crippen molar-refractivity contribution >= 4 is 41.0 Å². The van der Waals surface area contributed by atoms with E-state index in [2.05, 4.69) is 15.6 Å². The molecule has 1 fully saturated rings. The van der Waals surface area contributed by atoms with Crippen LogP contribution >= 0.6 is 11.3 Å². The number of nitrogens with one attached hydrogen (secondary N) is 2. The summed E-state index contributed by atoms with van der Waals surface area (Å²) in [7, 11) is 0. The second-order valence-electron chi connectivity index (χ2n) is 15.0. The van der Waals surface area contributed by atoms with Crippen LogP contribution in [0.2, 0.25) is 0 Å².